The van der Waals surface area contributed by atoms with Crippen LogP contribution in [0.3, 0.4) is 0 Å². The van der Waals surface area contributed by atoms with E-state index in [0.717, 1.165) is 17.9 Å². The Balaban J connectivity index is 2.03. The van der Waals surface area contributed by atoms with Gasteiger partial charge >= 0.3 is 0 Å². The monoisotopic (exact) mass is 285 g/mol. The van der Waals surface area contributed by atoms with Crippen molar-refractivity contribution in [2.24, 2.45) is 5.92 Å². The lowest BCUT2D eigenvalue weighted by atomic mass is 9.97. The van der Waals surface area contributed by atoms with Gasteiger partial charge in [0.05, 0.1) is 5.51 Å². The zero-order chi connectivity index (χ0) is 12.1. The Kier molecular flexibility index (Phi) is 4.84. The third-order valence-corrected chi connectivity index (χ3v) is 4.27. The van der Waals surface area contributed by atoms with E-state index in [4.69, 9.17) is 23.2 Å². The van der Waals surface area contributed by atoms with Crippen LogP contribution in [0.1, 0.15) is 10.4 Å². The van der Waals surface area contributed by atoms with Crippen molar-refractivity contribution in [3.05, 3.63) is 51.4 Å². The Hall–Kier alpha value is -0.570. The fraction of sp³-hybridized carbons (Fsp3) is 0.308. The molecule has 17 heavy (non-hydrogen) atoms. The summed E-state index contributed by atoms with van der Waals surface area (Å²) in [4.78, 5) is 5.36. The van der Waals surface area contributed by atoms with E-state index in [9.17, 15) is 0 Å². The molecule has 0 saturated carbocycles. The van der Waals surface area contributed by atoms with Gasteiger partial charge in [0.1, 0.15) is 0 Å². The van der Waals surface area contributed by atoms with Crippen LogP contribution < -0.4 is 0 Å². The maximum Gasteiger partial charge on any atom is 0.0794 e. The summed E-state index contributed by atoms with van der Waals surface area (Å²) in [7, 11) is 0. The number of hydrogen-bond donors (Lipinski definition) is 0. The first-order valence-electron chi connectivity index (χ1n) is 5.46. The van der Waals surface area contributed by atoms with Crippen LogP contribution in [0.15, 0.2) is 36.0 Å². The molecule has 0 bridgehead atoms. The molecule has 1 unspecified atom stereocenters. The van der Waals surface area contributed by atoms with Crippen LogP contribution in [0.5, 0.6) is 0 Å². The number of aromatic nitrogens is 1. The number of rotatable bonds is 5. The van der Waals surface area contributed by atoms with Gasteiger partial charge < -0.3 is 0 Å². The number of benzene rings is 1. The second kappa shape index (κ2) is 6.39. The van der Waals surface area contributed by atoms with E-state index in [1.54, 1.807) is 11.3 Å². The lowest BCUT2D eigenvalue weighted by Crippen LogP contribution is -2.09. The number of alkyl halides is 1. The van der Waals surface area contributed by atoms with Gasteiger partial charge in [-0.3, -0.25) is 4.98 Å². The van der Waals surface area contributed by atoms with Gasteiger partial charge in [0.15, 0.2) is 0 Å². The van der Waals surface area contributed by atoms with Crippen molar-refractivity contribution in [3.63, 3.8) is 0 Å². The number of halogens is 2. The quantitative estimate of drug-likeness (QED) is 0.741. The van der Waals surface area contributed by atoms with Crippen LogP contribution in [0.2, 0.25) is 5.02 Å². The highest BCUT2D eigenvalue weighted by atomic mass is 35.5. The predicted octanol–water partition coefficient (Wildman–Crippen LogP) is 4.44. The molecule has 0 fully saturated rings. The van der Waals surface area contributed by atoms with Crippen LogP contribution in [-0.2, 0) is 12.8 Å². The topological polar surface area (TPSA) is 12.9 Å². The van der Waals surface area contributed by atoms with Crippen LogP contribution in [0.4, 0.5) is 0 Å². The third kappa shape index (κ3) is 3.70. The molecule has 1 aromatic carbocycles. The maximum absolute atomic E-state index is 6.15. The standard InChI is InChI=1S/C13H13Cl2NS/c14-7-10(6-12-8-16-9-17-12)5-11-3-1-2-4-13(11)15/h1-4,8-10H,5-7H2. The van der Waals surface area contributed by atoms with Crippen LogP contribution >= 0.6 is 34.5 Å². The molecule has 0 spiro atoms. The summed E-state index contributed by atoms with van der Waals surface area (Å²) in [5.41, 5.74) is 3.03. The lowest BCUT2D eigenvalue weighted by Gasteiger charge is -2.13. The molecule has 0 amide bonds. The number of thiazole rings is 1. The largest absolute Gasteiger partial charge is 0.253 e. The molecule has 4 heteroatoms. The van der Waals surface area contributed by atoms with E-state index in [-0.39, 0.29) is 0 Å². The Bertz CT molecular complexity index is 456. The Morgan fingerprint density at radius 3 is 2.71 bits per heavy atom. The Morgan fingerprint density at radius 2 is 2.06 bits per heavy atom. The van der Waals surface area contributed by atoms with Gasteiger partial charge in [-0.1, -0.05) is 29.8 Å². The molecule has 0 saturated heterocycles. The van der Waals surface area contributed by atoms with Gasteiger partial charge in [0, 0.05) is 22.0 Å². The molecular weight excluding hydrogens is 273 g/mol. The van der Waals surface area contributed by atoms with E-state index in [2.05, 4.69) is 11.1 Å². The minimum Gasteiger partial charge on any atom is -0.253 e. The second-order valence-corrected chi connectivity index (χ2v) is 5.67. The predicted molar refractivity (Wildman–Crippen MR) is 75.2 cm³/mol. The van der Waals surface area contributed by atoms with E-state index < -0.39 is 0 Å². The summed E-state index contributed by atoms with van der Waals surface area (Å²) >= 11 is 13.9. The van der Waals surface area contributed by atoms with Gasteiger partial charge in [0.25, 0.3) is 0 Å². The molecule has 0 aliphatic carbocycles. The first kappa shape index (κ1) is 12.9. The Morgan fingerprint density at radius 1 is 1.24 bits per heavy atom. The van der Waals surface area contributed by atoms with Gasteiger partial charge in [-0.2, -0.15) is 0 Å². The van der Waals surface area contributed by atoms with Crippen LogP contribution in [0.25, 0.3) is 0 Å². The second-order valence-electron chi connectivity index (χ2n) is 3.99. The molecular formula is C13H13Cl2NS. The van der Waals surface area contributed by atoms with Gasteiger partial charge in [0.2, 0.25) is 0 Å². The van der Waals surface area contributed by atoms with E-state index in [1.807, 2.05) is 29.9 Å². The summed E-state index contributed by atoms with van der Waals surface area (Å²) in [6.07, 6.45) is 3.80. The highest BCUT2D eigenvalue weighted by Crippen LogP contribution is 2.22. The number of hydrogen-bond acceptors (Lipinski definition) is 2. The molecule has 2 rings (SSSR count). The zero-order valence-electron chi connectivity index (χ0n) is 9.27. The molecule has 1 atom stereocenters. The van der Waals surface area contributed by atoms with Gasteiger partial charge in [-0.15, -0.1) is 22.9 Å². The van der Waals surface area contributed by atoms with Crippen molar-refractivity contribution in [1.29, 1.82) is 0 Å². The molecule has 1 aromatic heterocycles. The molecule has 0 N–H and O–H groups in total. The lowest BCUT2D eigenvalue weighted by molar-refractivity contribution is 0.588. The third-order valence-electron chi connectivity index (χ3n) is 2.66. The maximum atomic E-state index is 6.15. The average molecular weight is 286 g/mol. The summed E-state index contributed by atoms with van der Waals surface area (Å²) in [6, 6.07) is 7.95. The van der Waals surface area contributed by atoms with Crippen LogP contribution in [-0.4, -0.2) is 10.9 Å². The van der Waals surface area contributed by atoms with Crippen molar-refractivity contribution in [1.82, 2.24) is 4.98 Å². The van der Waals surface area contributed by atoms with Crippen molar-refractivity contribution in [2.45, 2.75) is 12.8 Å². The Labute approximate surface area is 115 Å². The SMILES string of the molecule is ClCC(Cc1cncs1)Cc1ccccc1Cl. The van der Waals surface area contributed by atoms with Gasteiger partial charge in [-0.05, 0) is 30.4 Å². The molecule has 90 valence electrons. The van der Waals surface area contributed by atoms with Crippen molar-refractivity contribution < 1.29 is 0 Å². The van der Waals surface area contributed by atoms with Crippen molar-refractivity contribution in [3.8, 4) is 0 Å². The summed E-state index contributed by atoms with van der Waals surface area (Å²) in [5.74, 6) is 1.06. The fourth-order valence-corrected chi connectivity index (χ4v) is 2.93. The van der Waals surface area contributed by atoms with Crippen molar-refractivity contribution in [2.75, 3.05) is 5.88 Å². The minimum atomic E-state index is 0.414. The number of nitrogens with zero attached hydrogens (tertiary/aromatic N) is 1. The molecule has 0 radical (unpaired) electrons. The van der Waals surface area contributed by atoms with Gasteiger partial charge in [-0.25, -0.2) is 0 Å². The summed E-state index contributed by atoms with van der Waals surface area (Å²) in [5, 5.41) is 0.826. The first-order valence-corrected chi connectivity index (χ1v) is 7.25. The minimum absolute atomic E-state index is 0.414. The van der Waals surface area contributed by atoms with E-state index in [1.165, 1.54) is 10.4 Å². The van der Waals surface area contributed by atoms with E-state index >= 15 is 0 Å². The molecule has 2 aromatic rings. The highest BCUT2D eigenvalue weighted by molar-refractivity contribution is 7.09. The highest BCUT2D eigenvalue weighted by Gasteiger charge is 2.12. The van der Waals surface area contributed by atoms with E-state index in [0.29, 0.717) is 11.8 Å². The smallest absolute Gasteiger partial charge is 0.0794 e. The van der Waals surface area contributed by atoms with Crippen molar-refractivity contribution >= 4 is 34.5 Å². The zero-order valence-corrected chi connectivity index (χ0v) is 11.6. The molecule has 1 nitrogen and oxygen atoms in total. The first-order chi connectivity index (χ1) is 8.29. The van der Waals surface area contributed by atoms with Crippen LogP contribution in [0, 0.1) is 5.92 Å². The molecule has 0 aliphatic rings. The summed E-state index contributed by atoms with van der Waals surface area (Å²) in [6.45, 7) is 0. The fourth-order valence-electron chi connectivity index (χ4n) is 1.78. The summed E-state index contributed by atoms with van der Waals surface area (Å²) < 4.78 is 0. The average Bonchev–Trinajstić information content (AvgIpc) is 2.84. The molecule has 1 heterocycles. The normalized spacial score (nSPS) is 12.6. The molecule has 0 aliphatic heterocycles.